The zero-order valence-electron chi connectivity index (χ0n) is 25.7. The average Bonchev–Trinajstić information content (AvgIpc) is 3.53. The summed E-state index contributed by atoms with van der Waals surface area (Å²) in [6, 6.07) is 6.42. The summed E-state index contributed by atoms with van der Waals surface area (Å²) in [7, 11) is 0. The molecule has 1 aliphatic heterocycles. The normalized spacial score (nSPS) is 13.9. The number of amides is 2. The number of carbonyl (C=O) groups is 3. The van der Waals surface area contributed by atoms with Gasteiger partial charge in [-0.05, 0) is 36.2 Å². The monoisotopic (exact) mass is 633 g/mol. The van der Waals surface area contributed by atoms with Crippen LogP contribution in [0.1, 0.15) is 46.0 Å². The van der Waals surface area contributed by atoms with Gasteiger partial charge in [0.05, 0.1) is 36.4 Å². The number of rotatable bonds is 14. The quantitative estimate of drug-likeness (QED) is 0.0886. The molecule has 8 N–H and O–H groups in total. The Kier molecular flexibility index (Phi) is 10.0. The van der Waals surface area contributed by atoms with Crippen LogP contribution in [0.3, 0.4) is 0 Å². The summed E-state index contributed by atoms with van der Waals surface area (Å²) in [6.45, 7) is 5.96. The Hall–Kier alpha value is -5.15. The van der Waals surface area contributed by atoms with Crippen molar-refractivity contribution in [2.75, 3.05) is 51.0 Å². The zero-order valence-corrected chi connectivity index (χ0v) is 25.7. The summed E-state index contributed by atoms with van der Waals surface area (Å²) in [5.41, 5.74) is 27.5. The second-order valence-electron chi connectivity index (χ2n) is 11.0. The highest BCUT2D eigenvalue weighted by molar-refractivity contribution is 5.99. The van der Waals surface area contributed by atoms with E-state index in [1.807, 2.05) is 23.6 Å². The van der Waals surface area contributed by atoms with Crippen molar-refractivity contribution in [2.45, 2.75) is 39.4 Å². The van der Waals surface area contributed by atoms with Crippen molar-refractivity contribution in [1.82, 2.24) is 24.0 Å². The topological polar surface area (TPSA) is 222 Å². The molecule has 4 aromatic rings. The van der Waals surface area contributed by atoms with E-state index in [1.54, 1.807) is 16.7 Å². The molecule has 1 aliphatic rings. The zero-order chi connectivity index (χ0) is 32.8. The van der Waals surface area contributed by atoms with E-state index in [0.717, 1.165) is 37.0 Å². The molecule has 1 saturated heterocycles. The van der Waals surface area contributed by atoms with E-state index in [2.05, 4.69) is 14.9 Å². The van der Waals surface area contributed by atoms with Gasteiger partial charge < -0.3 is 46.3 Å². The molecule has 46 heavy (non-hydrogen) atoms. The molecule has 244 valence electrons. The molecule has 0 aliphatic carbocycles. The number of nitrogens with zero attached hydrogens (tertiary/aromatic N) is 5. The van der Waals surface area contributed by atoms with Crippen molar-refractivity contribution in [3.05, 3.63) is 53.1 Å². The van der Waals surface area contributed by atoms with Gasteiger partial charge in [0.2, 0.25) is 23.7 Å². The second-order valence-corrected chi connectivity index (χ2v) is 11.0. The van der Waals surface area contributed by atoms with E-state index >= 15 is 0 Å². The number of nitrogens with two attached hydrogens (primary N) is 4. The molecule has 0 saturated carbocycles. The second kappa shape index (κ2) is 14.3. The first-order chi connectivity index (χ1) is 22.2. The summed E-state index contributed by atoms with van der Waals surface area (Å²) >= 11 is 0. The Morgan fingerprint density at radius 3 is 2.09 bits per heavy atom. The molecule has 0 bridgehead atoms. The third kappa shape index (κ3) is 7.21. The molecular formula is C31H39N9O6. The summed E-state index contributed by atoms with van der Waals surface area (Å²) in [4.78, 5) is 47.4. The molecule has 0 unspecified atom stereocenters. The number of hydrogen-bond donors (Lipinski definition) is 4. The number of aromatic nitrogens is 4. The highest BCUT2D eigenvalue weighted by atomic mass is 16.6. The van der Waals surface area contributed by atoms with E-state index < -0.39 is 17.8 Å². The molecule has 3 heterocycles. The lowest BCUT2D eigenvalue weighted by Gasteiger charge is -2.27. The Morgan fingerprint density at radius 1 is 0.891 bits per heavy atom. The first kappa shape index (κ1) is 32.2. The fraction of sp³-hybridized carbons (Fsp3) is 0.387. The van der Waals surface area contributed by atoms with Crippen molar-refractivity contribution >= 4 is 51.7 Å². The third-order valence-corrected chi connectivity index (χ3v) is 7.70. The van der Waals surface area contributed by atoms with Gasteiger partial charge in [-0.3, -0.25) is 14.5 Å². The number of allylic oxidation sites excluding steroid dienone is 2. The molecule has 2 amide bonds. The van der Waals surface area contributed by atoms with Gasteiger partial charge in [-0.1, -0.05) is 25.5 Å². The molecule has 2 aromatic heterocycles. The number of morpholine rings is 1. The Labute approximate surface area is 265 Å². The number of esters is 1. The van der Waals surface area contributed by atoms with Crippen molar-refractivity contribution < 1.29 is 28.6 Å². The smallest absolute Gasteiger partial charge is 0.344 e. The first-order valence-electron chi connectivity index (χ1n) is 15.1. The number of primary amides is 2. The van der Waals surface area contributed by atoms with Gasteiger partial charge in [0, 0.05) is 43.9 Å². The van der Waals surface area contributed by atoms with E-state index in [4.69, 9.17) is 37.1 Å². The van der Waals surface area contributed by atoms with Crippen molar-refractivity contribution in [3.8, 4) is 5.75 Å². The fourth-order valence-electron chi connectivity index (χ4n) is 5.37. The number of ether oxygens (including phenoxy) is 3. The predicted molar refractivity (Wildman–Crippen MR) is 172 cm³/mol. The van der Waals surface area contributed by atoms with Crippen molar-refractivity contribution in [3.63, 3.8) is 0 Å². The number of unbranched alkanes of at least 4 members (excludes halogenated alkanes) is 1. The van der Waals surface area contributed by atoms with Crippen LogP contribution in [0.4, 0.5) is 11.9 Å². The number of nitrogen functional groups attached to an aromatic ring is 2. The number of carbonyl (C=O) groups excluding carboxylic acids is 3. The fourth-order valence-corrected chi connectivity index (χ4v) is 5.37. The third-order valence-electron chi connectivity index (χ3n) is 7.70. The van der Waals surface area contributed by atoms with Crippen LogP contribution in [-0.2, 0) is 33.9 Å². The SMILES string of the molecule is CCCCOC(=O)COc1cc(C(N)=O)cc2nc(N)n(C/C=C/Cn3c(N)nc4cc(C(N)=O)cc(CN5CCOCC5)c43)c12. The molecule has 1 fully saturated rings. The first-order valence-corrected chi connectivity index (χ1v) is 15.1. The average molecular weight is 634 g/mol. The maximum Gasteiger partial charge on any atom is 0.344 e. The minimum Gasteiger partial charge on any atom is -0.480 e. The van der Waals surface area contributed by atoms with Gasteiger partial charge in [0.15, 0.2) is 6.61 Å². The largest absolute Gasteiger partial charge is 0.480 e. The lowest BCUT2D eigenvalue weighted by Crippen LogP contribution is -2.35. The van der Waals surface area contributed by atoms with Gasteiger partial charge in [-0.25, -0.2) is 14.8 Å². The van der Waals surface area contributed by atoms with Crippen molar-refractivity contribution in [2.24, 2.45) is 11.5 Å². The van der Waals surface area contributed by atoms with Crippen LogP contribution in [0.5, 0.6) is 5.75 Å². The number of imidazole rings is 2. The van der Waals surface area contributed by atoms with Crippen LogP contribution in [0.15, 0.2) is 36.4 Å². The highest BCUT2D eigenvalue weighted by Gasteiger charge is 2.20. The van der Waals surface area contributed by atoms with Crippen LogP contribution >= 0.6 is 0 Å². The minimum atomic E-state index is -0.675. The molecule has 0 spiro atoms. The van der Waals surface area contributed by atoms with E-state index in [1.165, 1.54) is 12.1 Å². The molecule has 5 rings (SSSR count). The van der Waals surface area contributed by atoms with Crippen LogP contribution in [0.25, 0.3) is 22.1 Å². The van der Waals surface area contributed by atoms with E-state index in [0.29, 0.717) is 55.0 Å². The summed E-state index contributed by atoms with van der Waals surface area (Å²) in [5, 5.41) is 0. The lowest BCUT2D eigenvalue weighted by atomic mass is 10.1. The maximum absolute atomic E-state index is 12.2. The van der Waals surface area contributed by atoms with Crippen LogP contribution < -0.4 is 27.7 Å². The van der Waals surface area contributed by atoms with Gasteiger partial charge in [0.1, 0.15) is 11.3 Å². The van der Waals surface area contributed by atoms with Gasteiger partial charge in [0.25, 0.3) is 0 Å². The maximum atomic E-state index is 12.2. The number of anilines is 2. The Morgan fingerprint density at radius 2 is 1.48 bits per heavy atom. The van der Waals surface area contributed by atoms with E-state index in [9.17, 15) is 14.4 Å². The van der Waals surface area contributed by atoms with Crippen LogP contribution in [0, 0.1) is 0 Å². The molecule has 0 atom stereocenters. The van der Waals surface area contributed by atoms with Crippen LogP contribution in [0.2, 0.25) is 0 Å². The molecule has 2 aromatic carbocycles. The van der Waals surface area contributed by atoms with Gasteiger partial charge in [-0.15, -0.1) is 0 Å². The predicted octanol–water partition coefficient (Wildman–Crippen LogP) is 1.56. The number of fused-ring (bicyclic) bond motifs is 2. The Bertz CT molecular complexity index is 1790. The highest BCUT2D eigenvalue weighted by Crippen LogP contribution is 2.30. The summed E-state index contributed by atoms with van der Waals surface area (Å²) in [6.07, 6.45) is 5.42. The molecule has 15 nitrogen and oxygen atoms in total. The molecule has 0 radical (unpaired) electrons. The summed E-state index contributed by atoms with van der Waals surface area (Å²) < 4.78 is 20.0. The van der Waals surface area contributed by atoms with Gasteiger partial charge >= 0.3 is 5.97 Å². The number of hydrogen-bond acceptors (Lipinski definition) is 11. The van der Waals surface area contributed by atoms with Crippen LogP contribution in [-0.4, -0.2) is 81.3 Å². The standard InChI is InChI=1S/C31H39N9O6/c1-2-3-10-45-25(41)18-46-24-16-20(29(33)43)15-23-27(24)40(31(35)37-23)7-5-4-6-39-26-21(17-38-8-11-44-12-9-38)13-19(28(32)42)14-22(26)36-30(39)34/h4-5,13-16H,2-3,6-12,17-18H2,1H3,(H2,32,42)(H2,33,43)(H2,34,36)(H2,35,37)/b5-4+. The van der Waals surface area contributed by atoms with Gasteiger partial charge in [-0.2, -0.15) is 0 Å². The summed E-state index contributed by atoms with van der Waals surface area (Å²) in [5.74, 6) is -1.06. The molecule has 15 heteroatoms. The number of benzene rings is 2. The molecular weight excluding hydrogens is 594 g/mol. The Balaban J connectivity index is 1.40. The van der Waals surface area contributed by atoms with Crippen molar-refractivity contribution in [1.29, 1.82) is 0 Å². The minimum absolute atomic E-state index is 0.164. The lowest BCUT2D eigenvalue weighted by molar-refractivity contribution is -0.146. The van der Waals surface area contributed by atoms with E-state index in [-0.39, 0.29) is 36.4 Å².